The Kier molecular flexibility index (Phi) is 3.38. The maximum absolute atomic E-state index is 7.77. The molecule has 0 aliphatic rings. The highest BCUT2D eigenvalue weighted by atomic mass is 15.1. The SMILES string of the molecule is [C-]#[N+][C@@H](C)CN=[N+]=[N-]. The number of rotatable bonds is 2. The summed E-state index contributed by atoms with van der Waals surface area (Å²) < 4.78 is 0. The molecule has 0 aromatic carbocycles. The van der Waals surface area contributed by atoms with Crippen LogP contribution < -0.4 is 0 Å². The van der Waals surface area contributed by atoms with E-state index < -0.39 is 0 Å². The average molecular weight is 110 g/mol. The van der Waals surface area contributed by atoms with Gasteiger partial charge in [-0.1, -0.05) is 5.11 Å². The maximum Gasteiger partial charge on any atom is 0.226 e. The molecule has 0 heterocycles. The second kappa shape index (κ2) is 3.97. The van der Waals surface area contributed by atoms with E-state index in [1.165, 1.54) is 0 Å². The summed E-state index contributed by atoms with van der Waals surface area (Å²) in [6.07, 6.45) is 0. The van der Waals surface area contributed by atoms with E-state index in [4.69, 9.17) is 12.1 Å². The monoisotopic (exact) mass is 110 g/mol. The summed E-state index contributed by atoms with van der Waals surface area (Å²) >= 11 is 0. The molecule has 0 spiro atoms. The van der Waals surface area contributed by atoms with Crippen LogP contribution in [0.4, 0.5) is 0 Å². The van der Waals surface area contributed by atoms with Crippen LogP contribution in [-0.4, -0.2) is 12.6 Å². The first-order valence-corrected chi connectivity index (χ1v) is 2.18. The Morgan fingerprint density at radius 2 is 2.50 bits per heavy atom. The van der Waals surface area contributed by atoms with Crippen LogP contribution in [-0.2, 0) is 0 Å². The quantitative estimate of drug-likeness (QED) is 0.224. The molecule has 0 radical (unpaired) electrons. The van der Waals surface area contributed by atoms with E-state index in [0.717, 1.165) is 0 Å². The van der Waals surface area contributed by atoms with Crippen molar-refractivity contribution in [2.24, 2.45) is 5.11 Å². The van der Waals surface area contributed by atoms with Gasteiger partial charge in [0.05, 0.1) is 0 Å². The lowest BCUT2D eigenvalue weighted by Crippen LogP contribution is -1.96. The smallest absolute Gasteiger partial charge is 0.226 e. The summed E-state index contributed by atoms with van der Waals surface area (Å²) in [6, 6.07) is -0.175. The highest BCUT2D eigenvalue weighted by Crippen LogP contribution is 1.87. The van der Waals surface area contributed by atoms with Crippen LogP contribution in [0.2, 0.25) is 0 Å². The van der Waals surface area contributed by atoms with Gasteiger partial charge in [0, 0.05) is 11.8 Å². The number of hydrogen-bond acceptors (Lipinski definition) is 1. The first-order valence-electron chi connectivity index (χ1n) is 2.18. The lowest BCUT2D eigenvalue weighted by molar-refractivity contribution is 0.850. The molecule has 0 aromatic heterocycles. The van der Waals surface area contributed by atoms with Crippen molar-refractivity contribution >= 4 is 0 Å². The highest BCUT2D eigenvalue weighted by molar-refractivity contribution is 4.74. The fourth-order valence-electron chi connectivity index (χ4n) is 0.196. The van der Waals surface area contributed by atoms with Crippen LogP contribution in [0.1, 0.15) is 6.92 Å². The Morgan fingerprint density at radius 1 is 1.88 bits per heavy atom. The van der Waals surface area contributed by atoms with E-state index in [0.29, 0.717) is 0 Å². The van der Waals surface area contributed by atoms with E-state index in [2.05, 4.69) is 14.9 Å². The molecule has 0 saturated carbocycles. The van der Waals surface area contributed by atoms with Crippen LogP contribution in [0.25, 0.3) is 15.3 Å². The predicted molar refractivity (Wildman–Crippen MR) is 30.1 cm³/mol. The zero-order chi connectivity index (χ0) is 6.41. The largest absolute Gasteiger partial charge is 0.314 e. The molecule has 8 heavy (non-hydrogen) atoms. The number of nitrogens with zero attached hydrogens (tertiary/aromatic N) is 4. The predicted octanol–water partition coefficient (Wildman–Crippen LogP) is 1.60. The first-order chi connectivity index (χ1) is 3.81. The summed E-state index contributed by atoms with van der Waals surface area (Å²) in [5.74, 6) is 0. The second-order valence-corrected chi connectivity index (χ2v) is 1.39. The third-order valence-electron chi connectivity index (χ3n) is 0.630. The van der Waals surface area contributed by atoms with Gasteiger partial charge in [-0.2, -0.15) is 0 Å². The van der Waals surface area contributed by atoms with Gasteiger partial charge < -0.3 is 4.85 Å². The average Bonchev–Trinajstić information content (AvgIpc) is 1.83. The number of azide groups is 1. The van der Waals surface area contributed by atoms with Crippen LogP contribution in [0.5, 0.6) is 0 Å². The zero-order valence-electron chi connectivity index (χ0n) is 4.57. The van der Waals surface area contributed by atoms with Gasteiger partial charge in [0.25, 0.3) is 0 Å². The molecule has 0 amide bonds. The molecule has 4 heteroatoms. The van der Waals surface area contributed by atoms with E-state index in [1.807, 2.05) is 0 Å². The van der Waals surface area contributed by atoms with E-state index in [1.54, 1.807) is 6.92 Å². The van der Waals surface area contributed by atoms with E-state index >= 15 is 0 Å². The molecule has 4 nitrogen and oxygen atoms in total. The van der Waals surface area contributed by atoms with Crippen molar-refractivity contribution in [3.05, 3.63) is 21.9 Å². The molecular formula is C4H6N4. The molecule has 1 atom stereocenters. The van der Waals surface area contributed by atoms with Crippen molar-refractivity contribution in [1.29, 1.82) is 0 Å². The lowest BCUT2D eigenvalue weighted by atomic mass is 10.4. The van der Waals surface area contributed by atoms with Crippen LogP contribution >= 0.6 is 0 Å². The summed E-state index contributed by atoms with van der Waals surface area (Å²) in [7, 11) is 0. The normalized spacial score (nSPS) is 11.0. The fraction of sp³-hybridized carbons (Fsp3) is 0.750. The topological polar surface area (TPSA) is 53.1 Å². The third kappa shape index (κ3) is 3.01. The van der Waals surface area contributed by atoms with Gasteiger partial charge in [0.2, 0.25) is 6.04 Å². The van der Waals surface area contributed by atoms with Crippen LogP contribution in [0, 0.1) is 6.57 Å². The van der Waals surface area contributed by atoms with Gasteiger partial charge >= 0.3 is 0 Å². The Balaban J connectivity index is 3.43. The highest BCUT2D eigenvalue weighted by Gasteiger charge is 1.97. The molecule has 0 fully saturated rings. The van der Waals surface area contributed by atoms with Gasteiger partial charge in [0.1, 0.15) is 6.54 Å². The molecule has 0 aliphatic heterocycles. The zero-order valence-corrected chi connectivity index (χ0v) is 4.57. The van der Waals surface area contributed by atoms with Crippen molar-refractivity contribution in [2.75, 3.05) is 6.54 Å². The van der Waals surface area contributed by atoms with Gasteiger partial charge in [0.15, 0.2) is 0 Å². The first kappa shape index (κ1) is 6.80. The summed E-state index contributed by atoms with van der Waals surface area (Å²) in [6.45, 7) is 8.42. The van der Waals surface area contributed by atoms with Crippen molar-refractivity contribution in [1.82, 2.24) is 0 Å². The van der Waals surface area contributed by atoms with Gasteiger partial charge in [-0.05, 0) is 5.53 Å². The Hall–Kier alpha value is -1.20. The lowest BCUT2D eigenvalue weighted by Gasteiger charge is -1.85. The van der Waals surface area contributed by atoms with E-state index in [-0.39, 0.29) is 12.6 Å². The standard InChI is InChI=1S/C4H6N4/c1-4(6-2)3-7-8-5/h4H,3H2,1H3/t4-/m0/s1. The molecule has 0 unspecified atom stereocenters. The molecule has 42 valence electrons. The van der Waals surface area contributed by atoms with Gasteiger partial charge in [-0.15, -0.1) is 0 Å². The van der Waals surface area contributed by atoms with Crippen molar-refractivity contribution < 1.29 is 0 Å². The fourth-order valence-corrected chi connectivity index (χ4v) is 0.196. The minimum atomic E-state index is -0.175. The summed E-state index contributed by atoms with van der Waals surface area (Å²) in [5.41, 5.74) is 7.77. The van der Waals surface area contributed by atoms with Gasteiger partial charge in [-0.25, -0.2) is 6.57 Å². The Labute approximate surface area is 47.6 Å². The molecule has 0 saturated heterocycles. The van der Waals surface area contributed by atoms with Crippen LogP contribution in [0.15, 0.2) is 5.11 Å². The second-order valence-electron chi connectivity index (χ2n) is 1.39. The molecule has 0 N–H and O–H groups in total. The van der Waals surface area contributed by atoms with Crippen LogP contribution in [0.3, 0.4) is 0 Å². The Bertz CT molecular complexity index is 139. The Morgan fingerprint density at radius 3 is 2.88 bits per heavy atom. The molecule has 0 aromatic rings. The summed E-state index contributed by atoms with van der Waals surface area (Å²) in [4.78, 5) is 5.62. The van der Waals surface area contributed by atoms with Crippen molar-refractivity contribution in [3.63, 3.8) is 0 Å². The third-order valence-corrected chi connectivity index (χ3v) is 0.630. The van der Waals surface area contributed by atoms with Crippen molar-refractivity contribution in [3.8, 4) is 0 Å². The molecule has 0 rings (SSSR count). The van der Waals surface area contributed by atoms with E-state index in [9.17, 15) is 0 Å². The molecule has 0 aliphatic carbocycles. The summed E-state index contributed by atoms with van der Waals surface area (Å²) in [5, 5.41) is 3.21. The van der Waals surface area contributed by atoms with Crippen molar-refractivity contribution in [2.45, 2.75) is 13.0 Å². The minimum Gasteiger partial charge on any atom is -0.314 e. The number of hydrogen-bond donors (Lipinski definition) is 0. The molecule has 0 bridgehead atoms. The van der Waals surface area contributed by atoms with Gasteiger partial charge in [-0.3, -0.25) is 0 Å². The maximum atomic E-state index is 7.77. The minimum absolute atomic E-state index is 0.175. The molecular weight excluding hydrogens is 104 g/mol.